The summed E-state index contributed by atoms with van der Waals surface area (Å²) in [5, 5.41) is 7.67. The maximum absolute atomic E-state index is 3.83. The molecule has 44 heavy (non-hydrogen) atoms. The molecular formula is C38H75Br2N4+. The first-order valence-corrected chi connectivity index (χ1v) is 18.9. The van der Waals surface area contributed by atoms with Crippen molar-refractivity contribution in [3.63, 3.8) is 0 Å². The number of rotatable bonds is 16. The Kier molecular flexibility index (Phi) is 15.1. The van der Waals surface area contributed by atoms with E-state index in [0.29, 0.717) is 0 Å². The molecule has 0 aliphatic heterocycles. The van der Waals surface area contributed by atoms with Crippen LogP contribution < -0.4 is 27.6 Å². The van der Waals surface area contributed by atoms with Crippen molar-refractivity contribution >= 4 is 17.0 Å². The highest BCUT2D eigenvalue weighted by atomic mass is 79.9. The third-order valence-corrected chi connectivity index (χ3v) is 12.7. The van der Waals surface area contributed by atoms with Gasteiger partial charge in [-0.05, 0) is 175 Å². The van der Waals surface area contributed by atoms with Crippen LogP contribution in [0.2, 0.25) is 0 Å². The van der Waals surface area contributed by atoms with Gasteiger partial charge in [-0.1, -0.05) is 0 Å². The summed E-state index contributed by atoms with van der Waals surface area (Å²) in [6.07, 6.45) is 27.0. The second-order valence-corrected chi connectivity index (χ2v) is 19.3. The van der Waals surface area contributed by atoms with Crippen molar-refractivity contribution in [3.8, 4) is 0 Å². The molecule has 8 rings (SSSR count). The molecule has 0 amide bonds. The van der Waals surface area contributed by atoms with Crippen LogP contribution in [0.15, 0.2) is 0 Å². The van der Waals surface area contributed by atoms with Gasteiger partial charge in [0.1, 0.15) is 0 Å². The van der Waals surface area contributed by atoms with Gasteiger partial charge in [0.2, 0.25) is 0 Å². The third-order valence-electron chi connectivity index (χ3n) is 12.7. The summed E-state index contributed by atoms with van der Waals surface area (Å²) < 4.78 is 2.22. The zero-order valence-corrected chi connectivity index (χ0v) is 33.4. The minimum absolute atomic E-state index is 0. The van der Waals surface area contributed by atoms with Crippen molar-refractivity contribution in [1.29, 1.82) is 0 Å². The topological polar surface area (TPSA) is 24.1 Å². The zero-order valence-electron chi connectivity index (χ0n) is 30.1. The average molecular weight is 748 g/mol. The van der Waals surface area contributed by atoms with Crippen LogP contribution in [0.5, 0.6) is 0 Å². The minimum atomic E-state index is 0. The Morgan fingerprint density at radius 3 is 0.977 bits per heavy atom. The van der Waals surface area contributed by atoms with E-state index in [4.69, 9.17) is 0 Å². The lowest BCUT2D eigenvalue weighted by molar-refractivity contribution is -0.870. The molecule has 0 aromatic heterocycles. The standard InChI is InChI=1S/2C19H37N2.2BrH/c2*1-21(2,3)8-6-4-5-7-20-15-19-12-16-9-17(13-19)11-18(10-16)14-19;;/h2*16-18,20H,4-15H2,1-3H3;2*1H/q2*+1;;/p-1. The van der Waals surface area contributed by atoms with E-state index in [0.717, 1.165) is 55.3 Å². The van der Waals surface area contributed by atoms with Gasteiger partial charge in [-0.25, -0.2) is 0 Å². The highest BCUT2D eigenvalue weighted by Gasteiger charge is 2.51. The van der Waals surface area contributed by atoms with Crippen LogP contribution in [0.4, 0.5) is 0 Å². The molecule has 0 aromatic rings. The van der Waals surface area contributed by atoms with Gasteiger partial charge in [0.15, 0.2) is 0 Å². The molecule has 8 bridgehead atoms. The van der Waals surface area contributed by atoms with Gasteiger partial charge in [-0.2, -0.15) is 0 Å². The Morgan fingerprint density at radius 1 is 0.455 bits per heavy atom. The van der Waals surface area contributed by atoms with Crippen LogP contribution in [0.1, 0.15) is 116 Å². The van der Waals surface area contributed by atoms with Crippen LogP contribution in [0.3, 0.4) is 0 Å². The SMILES string of the molecule is Br.C[N+](C)(C)CCCCCNCC12CC3CC(CC(C3)C1)C2.C[N+](C)(C)CCCCCNCC12CC3CC(CC(C3)C1)C2.[Br-]. The van der Waals surface area contributed by atoms with Crippen molar-refractivity contribution in [2.24, 2.45) is 46.3 Å². The van der Waals surface area contributed by atoms with E-state index in [1.54, 1.807) is 77.0 Å². The Hall–Kier alpha value is 0.800. The summed E-state index contributed by atoms with van der Waals surface area (Å²) in [5.41, 5.74) is 1.44. The second-order valence-electron chi connectivity index (χ2n) is 19.3. The first kappa shape index (κ1) is 39.2. The molecule has 0 heterocycles. The highest BCUT2D eigenvalue weighted by molar-refractivity contribution is 8.93. The normalized spacial score (nSPS) is 36.4. The van der Waals surface area contributed by atoms with Crippen molar-refractivity contribution in [2.45, 2.75) is 116 Å². The second kappa shape index (κ2) is 17.0. The Balaban J connectivity index is 0.000000230. The van der Waals surface area contributed by atoms with Gasteiger partial charge in [0, 0.05) is 13.1 Å². The zero-order chi connectivity index (χ0) is 29.8. The predicted octanol–water partition coefficient (Wildman–Crippen LogP) is 4.92. The van der Waals surface area contributed by atoms with E-state index in [-0.39, 0.29) is 34.0 Å². The molecule has 6 heteroatoms. The highest BCUT2D eigenvalue weighted by Crippen LogP contribution is 2.60. The summed E-state index contributed by atoms with van der Waals surface area (Å²) in [5.74, 6) is 6.60. The molecule has 0 radical (unpaired) electrons. The first-order valence-electron chi connectivity index (χ1n) is 18.9. The van der Waals surface area contributed by atoms with Crippen molar-refractivity contribution in [2.75, 3.05) is 81.6 Å². The minimum Gasteiger partial charge on any atom is -1.00 e. The van der Waals surface area contributed by atoms with E-state index in [1.165, 1.54) is 77.8 Å². The van der Waals surface area contributed by atoms with Gasteiger partial charge in [-0.3, -0.25) is 0 Å². The Labute approximate surface area is 295 Å². The van der Waals surface area contributed by atoms with Gasteiger partial charge in [-0.15, -0.1) is 17.0 Å². The molecule has 4 nitrogen and oxygen atoms in total. The number of nitrogens with zero attached hydrogens (tertiary/aromatic N) is 2. The monoisotopic (exact) mass is 745 g/mol. The molecule has 8 fully saturated rings. The van der Waals surface area contributed by atoms with E-state index in [1.807, 2.05) is 0 Å². The van der Waals surface area contributed by atoms with Gasteiger partial charge < -0.3 is 36.6 Å². The Morgan fingerprint density at radius 2 is 0.727 bits per heavy atom. The quantitative estimate of drug-likeness (QED) is 0.173. The molecule has 0 aromatic carbocycles. The predicted molar refractivity (Wildman–Crippen MR) is 191 cm³/mol. The largest absolute Gasteiger partial charge is 1.00 e. The fourth-order valence-electron chi connectivity index (χ4n) is 11.7. The third kappa shape index (κ3) is 12.0. The van der Waals surface area contributed by atoms with Gasteiger partial charge in [0.25, 0.3) is 0 Å². The van der Waals surface area contributed by atoms with Crippen LogP contribution in [-0.4, -0.2) is 90.5 Å². The molecule has 8 saturated carbocycles. The van der Waals surface area contributed by atoms with Crippen molar-refractivity contribution in [1.82, 2.24) is 10.6 Å². The maximum atomic E-state index is 3.83. The fourth-order valence-corrected chi connectivity index (χ4v) is 11.7. The molecule has 8 aliphatic carbocycles. The number of hydrogen-bond acceptors (Lipinski definition) is 2. The fraction of sp³-hybridized carbons (Fsp3) is 1.00. The number of halogens is 2. The Bertz CT molecular complexity index is 693. The maximum Gasteiger partial charge on any atom is 0.0780 e. The molecule has 0 saturated heterocycles. The van der Waals surface area contributed by atoms with Crippen molar-refractivity contribution < 1.29 is 25.9 Å². The molecule has 260 valence electrons. The number of hydrogen-bond donors (Lipinski definition) is 2. The van der Waals surface area contributed by atoms with Crippen molar-refractivity contribution in [3.05, 3.63) is 0 Å². The average Bonchev–Trinajstić information content (AvgIpc) is 2.85. The van der Waals surface area contributed by atoms with Crippen LogP contribution in [-0.2, 0) is 0 Å². The van der Waals surface area contributed by atoms with Crippen LogP contribution in [0, 0.1) is 46.3 Å². The number of unbranched alkanes of at least 4 members (excludes halogenated alkanes) is 4. The summed E-state index contributed by atoms with van der Waals surface area (Å²) in [6, 6.07) is 0. The van der Waals surface area contributed by atoms with Crippen LogP contribution in [0.25, 0.3) is 0 Å². The lowest BCUT2D eigenvalue weighted by atomic mass is 9.49. The smallest absolute Gasteiger partial charge is 0.0780 e. The van der Waals surface area contributed by atoms with E-state index >= 15 is 0 Å². The molecular weight excluding hydrogens is 672 g/mol. The van der Waals surface area contributed by atoms with Gasteiger partial charge >= 0.3 is 0 Å². The van der Waals surface area contributed by atoms with Gasteiger partial charge in [0.05, 0.1) is 55.4 Å². The molecule has 8 aliphatic rings. The summed E-state index contributed by atoms with van der Waals surface area (Å²) in [4.78, 5) is 0. The van der Waals surface area contributed by atoms with E-state index in [2.05, 4.69) is 52.9 Å². The lowest BCUT2D eigenvalue weighted by Gasteiger charge is -2.57. The molecule has 0 spiro atoms. The summed E-state index contributed by atoms with van der Waals surface area (Å²) in [6.45, 7) is 7.78. The number of quaternary nitrogens is 2. The first-order chi connectivity index (χ1) is 19.9. The van der Waals surface area contributed by atoms with Crippen LogP contribution >= 0.6 is 17.0 Å². The number of nitrogens with one attached hydrogen (secondary N) is 2. The van der Waals surface area contributed by atoms with E-state index in [9.17, 15) is 0 Å². The molecule has 0 atom stereocenters. The summed E-state index contributed by atoms with van der Waals surface area (Å²) >= 11 is 0. The van der Waals surface area contributed by atoms with E-state index < -0.39 is 0 Å². The molecule has 0 unspecified atom stereocenters. The molecule has 2 N–H and O–H groups in total. The lowest BCUT2D eigenvalue weighted by Crippen LogP contribution is -3.00. The summed E-state index contributed by atoms with van der Waals surface area (Å²) in [7, 11) is 13.8.